The summed E-state index contributed by atoms with van der Waals surface area (Å²) in [7, 11) is 0. The third-order valence-electron chi connectivity index (χ3n) is 3.58. The van der Waals surface area contributed by atoms with Crippen LogP contribution in [0.25, 0.3) is 0 Å². The van der Waals surface area contributed by atoms with Gasteiger partial charge in [-0.15, -0.1) is 0 Å². The number of hydrogen-bond acceptors (Lipinski definition) is 4. The van der Waals surface area contributed by atoms with Gasteiger partial charge in [0, 0.05) is 24.8 Å². The fraction of sp³-hybridized carbons (Fsp3) is 0.615. The molecule has 1 aliphatic heterocycles. The first-order chi connectivity index (χ1) is 8.42. The molecule has 18 heavy (non-hydrogen) atoms. The van der Waals surface area contributed by atoms with Crippen molar-refractivity contribution < 1.29 is 9.90 Å². The van der Waals surface area contributed by atoms with Gasteiger partial charge in [0.2, 0.25) is 0 Å². The van der Waals surface area contributed by atoms with Crippen LogP contribution >= 0.6 is 0 Å². The molecule has 1 aromatic rings. The zero-order valence-corrected chi connectivity index (χ0v) is 11.1. The largest absolute Gasteiger partial charge is 0.481 e. The lowest BCUT2D eigenvalue weighted by Crippen LogP contribution is -2.32. The van der Waals surface area contributed by atoms with Crippen molar-refractivity contribution in [2.45, 2.75) is 33.1 Å². The topological polar surface area (TPSA) is 66.3 Å². The number of rotatable bonds is 3. The van der Waals surface area contributed by atoms with Crippen molar-refractivity contribution in [3.05, 3.63) is 18.1 Å². The number of hydrogen-bond donors (Lipinski definition) is 1. The van der Waals surface area contributed by atoms with E-state index in [1.165, 1.54) is 0 Å². The molecule has 0 aliphatic carbocycles. The highest BCUT2D eigenvalue weighted by atomic mass is 16.4. The fourth-order valence-electron chi connectivity index (χ4n) is 2.18. The smallest absolute Gasteiger partial charge is 0.311 e. The van der Waals surface area contributed by atoms with Crippen LogP contribution in [0.2, 0.25) is 0 Å². The van der Waals surface area contributed by atoms with Crippen LogP contribution in [0.4, 0.5) is 5.82 Å². The summed E-state index contributed by atoms with van der Waals surface area (Å²) in [5.41, 5.74) is 0.326. The van der Waals surface area contributed by atoms with E-state index in [9.17, 15) is 9.90 Å². The van der Waals surface area contributed by atoms with E-state index in [1.54, 1.807) is 13.3 Å². The zero-order valence-electron chi connectivity index (χ0n) is 11.1. The van der Waals surface area contributed by atoms with Crippen molar-refractivity contribution in [1.29, 1.82) is 0 Å². The molecule has 1 aliphatic rings. The van der Waals surface area contributed by atoms with Gasteiger partial charge in [0.05, 0.1) is 5.41 Å². The van der Waals surface area contributed by atoms with E-state index < -0.39 is 11.4 Å². The molecular weight excluding hydrogens is 230 g/mol. The highest BCUT2D eigenvalue weighted by molar-refractivity contribution is 5.76. The monoisotopic (exact) mass is 249 g/mol. The third-order valence-corrected chi connectivity index (χ3v) is 3.58. The summed E-state index contributed by atoms with van der Waals surface area (Å²) < 4.78 is 0. The van der Waals surface area contributed by atoms with Crippen LogP contribution in [-0.4, -0.2) is 34.1 Å². The van der Waals surface area contributed by atoms with Crippen LogP contribution < -0.4 is 4.90 Å². The molecular formula is C13H19N3O2. The molecule has 1 unspecified atom stereocenters. The molecule has 5 nitrogen and oxygen atoms in total. The van der Waals surface area contributed by atoms with Gasteiger partial charge in [-0.3, -0.25) is 4.79 Å². The maximum absolute atomic E-state index is 11.2. The van der Waals surface area contributed by atoms with Gasteiger partial charge in [-0.05, 0) is 19.3 Å². The highest BCUT2D eigenvalue weighted by Gasteiger charge is 2.40. The second-order valence-corrected chi connectivity index (χ2v) is 5.49. The Hall–Kier alpha value is -1.65. The average Bonchev–Trinajstić information content (AvgIpc) is 2.73. The molecule has 0 spiro atoms. The van der Waals surface area contributed by atoms with Crippen molar-refractivity contribution in [2.24, 2.45) is 5.41 Å². The Labute approximate surface area is 107 Å². The molecule has 1 fully saturated rings. The lowest BCUT2D eigenvalue weighted by molar-refractivity contribution is -0.146. The van der Waals surface area contributed by atoms with E-state index >= 15 is 0 Å². The first kappa shape index (κ1) is 12.8. The SMILES string of the molecule is CC(C)c1cc(N2CCC(C)(C(=O)O)C2)ncn1. The van der Waals surface area contributed by atoms with Crippen LogP contribution in [0.15, 0.2) is 12.4 Å². The molecule has 98 valence electrons. The van der Waals surface area contributed by atoms with Gasteiger partial charge in [-0.2, -0.15) is 0 Å². The molecule has 1 atom stereocenters. The maximum atomic E-state index is 11.2. The third kappa shape index (κ3) is 2.30. The summed E-state index contributed by atoms with van der Waals surface area (Å²) in [5.74, 6) is 0.446. The molecule has 2 heterocycles. The van der Waals surface area contributed by atoms with Crippen LogP contribution in [0.3, 0.4) is 0 Å². The Morgan fingerprint density at radius 1 is 1.50 bits per heavy atom. The van der Waals surface area contributed by atoms with Gasteiger partial charge in [0.1, 0.15) is 12.1 Å². The van der Waals surface area contributed by atoms with E-state index in [1.807, 2.05) is 11.0 Å². The normalized spacial score (nSPS) is 23.7. The van der Waals surface area contributed by atoms with Crippen LogP contribution in [0, 0.1) is 5.41 Å². The van der Waals surface area contributed by atoms with E-state index in [0.29, 0.717) is 18.9 Å². The summed E-state index contributed by atoms with van der Waals surface area (Å²) in [6.45, 7) is 7.20. The lowest BCUT2D eigenvalue weighted by atomic mass is 9.90. The van der Waals surface area contributed by atoms with Gasteiger partial charge in [0.25, 0.3) is 0 Å². The van der Waals surface area contributed by atoms with Crippen molar-refractivity contribution >= 4 is 11.8 Å². The van der Waals surface area contributed by atoms with E-state index in [0.717, 1.165) is 18.1 Å². The number of aliphatic carboxylic acids is 1. The molecule has 0 saturated carbocycles. The summed E-state index contributed by atoms with van der Waals surface area (Å²) >= 11 is 0. The Balaban J connectivity index is 2.19. The van der Waals surface area contributed by atoms with E-state index in [4.69, 9.17) is 0 Å². The van der Waals surface area contributed by atoms with Crippen LogP contribution in [0.5, 0.6) is 0 Å². The van der Waals surface area contributed by atoms with Crippen molar-refractivity contribution in [3.63, 3.8) is 0 Å². The van der Waals surface area contributed by atoms with E-state index in [2.05, 4.69) is 23.8 Å². The molecule has 1 aromatic heterocycles. The van der Waals surface area contributed by atoms with Gasteiger partial charge < -0.3 is 10.0 Å². The van der Waals surface area contributed by atoms with Crippen LogP contribution in [-0.2, 0) is 4.79 Å². The molecule has 0 aromatic carbocycles. The molecule has 0 bridgehead atoms. The first-order valence-electron chi connectivity index (χ1n) is 6.23. The summed E-state index contributed by atoms with van der Waals surface area (Å²) in [6.07, 6.45) is 2.21. The van der Waals surface area contributed by atoms with E-state index in [-0.39, 0.29) is 0 Å². The summed E-state index contributed by atoms with van der Waals surface area (Å²) in [4.78, 5) is 21.7. The fourth-order valence-corrected chi connectivity index (χ4v) is 2.18. The van der Waals surface area contributed by atoms with Crippen molar-refractivity contribution in [2.75, 3.05) is 18.0 Å². The second kappa shape index (κ2) is 4.55. The number of anilines is 1. The number of carbonyl (C=O) groups is 1. The predicted molar refractivity (Wildman–Crippen MR) is 68.7 cm³/mol. The molecule has 1 saturated heterocycles. The average molecular weight is 249 g/mol. The Kier molecular flexibility index (Phi) is 3.24. The van der Waals surface area contributed by atoms with Gasteiger partial charge in [0.15, 0.2) is 0 Å². The molecule has 5 heteroatoms. The number of nitrogens with zero attached hydrogens (tertiary/aromatic N) is 3. The standard InChI is InChI=1S/C13H19N3O2/c1-9(2)10-6-11(15-8-14-10)16-5-4-13(3,7-16)12(17)18/h6,8-9H,4-5,7H2,1-3H3,(H,17,18). The van der Waals surface area contributed by atoms with Crippen LogP contribution in [0.1, 0.15) is 38.8 Å². The van der Waals surface area contributed by atoms with Crippen molar-refractivity contribution in [3.8, 4) is 0 Å². The Morgan fingerprint density at radius 3 is 2.78 bits per heavy atom. The lowest BCUT2D eigenvalue weighted by Gasteiger charge is -2.21. The first-order valence-corrected chi connectivity index (χ1v) is 6.23. The minimum atomic E-state index is -0.733. The zero-order chi connectivity index (χ0) is 13.3. The quantitative estimate of drug-likeness (QED) is 0.886. The molecule has 0 radical (unpaired) electrons. The van der Waals surface area contributed by atoms with Gasteiger partial charge in [-0.25, -0.2) is 9.97 Å². The van der Waals surface area contributed by atoms with Gasteiger partial charge in [-0.1, -0.05) is 13.8 Å². The highest BCUT2D eigenvalue weighted by Crippen LogP contribution is 2.32. The van der Waals surface area contributed by atoms with Crippen molar-refractivity contribution in [1.82, 2.24) is 9.97 Å². The summed E-state index contributed by atoms with van der Waals surface area (Å²) in [6, 6.07) is 1.96. The maximum Gasteiger partial charge on any atom is 0.311 e. The predicted octanol–water partition coefficient (Wildman–Crippen LogP) is 1.90. The molecule has 0 amide bonds. The number of carboxylic acids is 1. The minimum absolute atomic E-state index is 0.347. The molecule has 1 N–H and O–H groups in total. The number of carboxylic acid groups (broad SMARTS) is 1. The second-order valence-electron chi connectivity index (χ2n) is 5.49. The Morgan fingerprint density at radius 2 is 2.22 bits per heavy atom. The minimum Gasteiger partial charge on any atom is -0.481 e. The van der Waals surface area contributed by atoms with Gasteiger partial charge >= 0.3 is 5.97 Å². The number of aromatic nitrogens is 2. The summed E-state index contributed by atoms with van der Waals surface area (Å²) in [5, 5.41) is 9.22. The molecule has 2 rings (SSSR count). The Bertz CT molecular complexity index is 461.